The standard InChI is InChI=1S/C17H14ClFN4/c1-11(12-5-7-15(19)8-6-12)21-17-22-16(10-20-23-17)13-3-2-4-14(18)9-13/h2-11H,1H3,(H,21,22,23). The minimum atomic E-state index is -0.262. The summed E-state index contributed by atoms with van der Waals surface area (Å²) < 4.78 is 13.0. The number of benzene rings is 2. The van der Waals surface area contributed by atoms with Crippen LogP contribution in [0.15, 0.2) is 54.7 Å². The van der Waals surface area contributed by atoms with Gasteiger partial charge in [-0.15, -0.1) is 5.10 Å². The van der Waals surface area contributed by atoms with Gasteiger partial charge in [-0.3, -0.25) is 0 Å². The molecule has 0 fully saturated rings. The fourth-order valence-corrected chi connectivity index (χ4v) is 2.37. The van der Waals surface area contributed by atoms with E-state index in [4.69, 9.17) is 11.6 Å². The lowest BCUT2D eigenvalue weighted by atomic mass is 10.1. The van der Waals surface area contributed by atoms with E-state index in [2.05, 4.69) is 20.5 Å². The van der Waals surface area contributed by atoms with Crippen molar-refractivity contribution >= 4 is 17.5 Å². The molecule has 23 heavy (non-hydrogen) atoms. The molecule has 3 rings (SSSR count). The van der Waals surface area contributed by atoms with Crippen molar-refractivity contribution in [3.8, 4) is 11.3 Å². The van der Waals surface area contributed by atoms with Gasteiger partial charge in [0.1, 0.15) is 5.82 Å². The van der Waals surface area contributed by atoms with Crippen molar-refractivity contribution in [3.05, 3.63) is 71.1 Å². The van der Waals surface area contributed by atoms with E-state index < -0.39 is 0 Å². The maximum absolute atomic E-state index is 13.0. The lowest BCUT2D eigenvalue weighted by molar-refractivity contribution is 0.626. The average molecular weight is 329 g/mol. The molecular weight excluding hydrogens is 315 g/mol. The summed E-state index contributed by atoms with van der Waals surface area (Å²) in [5.41, 5.74) is 2.48. The van der Waals surface area contributed by atoms with E-state index in [1.165, 1.54) is 12.1 Å². The Labute approximate surface area is 138 Å². The normalized spacial score (nSPS) is 12.0. The van der Waals surface area contributed by atoms with Gasteiger partial charge >= 0.3 is 0 Å². The van der Waals surface area contributed by atoms with Crippen LogP contribution in [0.5, 0.6) is 0 Å². The Balaban J connectivity index is 1.81. The van der Waals surface area contributed by atoms with E-state index in [1.54, 1.807) is 24.4 Å². The van der Waals surface area contributed by atoms with Gasteiger partial charge in [0.15, 0.2) is 0 Å². The van der Waals surface area contributed by atoms with E-state index in [9.17, 15) is 4.39 Å². The number of aromatic nitrogens is 3. The van der Waals surface area contributed by atoms with E-state index in [1.807, 2.05) is 25.1 Å². The monoisotopic (exact) mass is 328 g/mol. The number of anilines is 1. The van der Waals surface area contributed by atoms with Gasteiger partial charge in [0.2, 0.25) is 5.95 Å². The molecule has 0 aliphatic rings. The molecule has 4 nitrogen and oxygen atoms in total. The Morgan fingerprint density at radius 1 is 1.13 bits per heavy atom. The number of halogens is 2. The third-order valence-electron chi connectivity index (χ3n) is 3.39. The molecule has 1 atom stereocenters. The van der Waals surface area contributed by atoms with Gasteiger partial charge in [0.25, 0.3) is 0 Å². The molecule has 1 unspecified atom stereocenters. The zero-order valence-electron chi connectivity index (χ0n) is 12.4. The lowest BCUT2D eigenvalue weighted by Gasteiger charge is -2.14. The molecule has 2 aromatic carbocycles. The summed E-state index contributed by atoms with van der Waals surface area (Å²) in [5, 5.41) is 11.8. The minimum absolute atomic E-state index is 0.0768. The summed E-state index contributed by atoms with van der Waals surface area (Å²) in [5.74, 6) is 0.140. The van der Waals surface area contributed by atoms with Crippen LogP contribution in [0.3, 0.4) is 0 Å². The second kappa shape index (κ2) is 6.71. The topological polar surface area (TPSA) is 50.7 Å². The summed E-state index contributed by atoms with van der Waals surface area (Å²) in [7, 11) is 0. The Bertz CT molecular complexity index is 808. The minimum Gasteiger partial charge on any atom is -0.346 e. The van der Waals surface area contributed by atoms with Crippen molar-refractivity contribution in [2.45, 2.75) is 13.0 Å². The molecule has 0 aliphatic carbocycles. The Morgan fingerprint density at radius 3 is 2.65 bits per heavy atom. The van der Waals surface area contributed by atoms with Crippen molar-refractivity contribution in [1.82, 2.24) is 15.2 Å². The van der Waals surface area contributed by atoms with Gasteiger partial charge in [0, 0.05) is 10.6 Å². The maximum Gasteiger partial charge on any atom is 0.243 e. The molecule has 0 saturated heterocycles. The van der Waals surface area contributed by atoms with Gasteiger partial charge < -0.3 is 5.32 Å². The molecule has 0 amide bonds. The predicted molar refractivity (Wildman–Crippen MR) is 88.7 cm³/mol. The molecular formula is C17H14ClFN4. The first-order valence-electron chi connectivity index (χ1n) is 7.09. The highest BCUT2D eigenvalue weighted by Gasteiger charge is 2.09. The van der Waals surface area contributed by atoms with Crippen LogP contribution < -0.4 is 5.32 Å². The maximum atomic E-state index is 13.0. The van der Waals surface area contributed by atoms with Crippen molar-refractivity contribution in [2.24, 2.45) is 0 Å². The van der Waals surface area contributed by atoms with E-state index in [0.29, 0.717) is 16.7 Å². The van der Waals surface area contributed by atoms with Crippen LogP contribution in [0.1, 0.15) is 18.5 Å². The summed E-state index contributed by atoms with van der Waals surface area (Å²) >= 11 is 6.00. The van der Waals surface area contributed by atoms with Crippen LogP contribution in [0, 0.1) is 5.82 Å². The van der Waals surface area contributed by atoms with Crippen LogP contribution in [-0.4, -0.2) is 15.2 Å². The third kappa shape index (κ3) is 3.81. The fraction of sp³-hybridized carbons (Fsp3) is 0.118. The van der Waals surface area contributed by atoms with Crippen molar-refractivity contribution in [1.29, 1.82) is 0 Å². The summed E-state index contributed by atoms with van der Waals surface area (Å²) in [6, 6.07) is 13.6. The molecule has 6 heteroatoms. The van der Waals surface area contributed by atoms with Crippen LogP contribution in [0.25, 0.3) is 11.3 Å². The molecule has 0 saturated carbocycles. The first-order chi connectivity index (χ1) is 11.1. The SMILES string of the molecule is CC(Nc1nncc(-c2cccc(Cl)c2)n1)c1ccc(F)cc1. The second-order valence-electron chi connectivity index (χ2n) is 5.09. The molecule has 0 aliphatic heterocycles. The second-order valence-corrected chi connectivity index (χ2v) is 5.53. The first kappa shape index (κ1) is 15.4. The molecule has 116 valence electrons. The molecule has 1 N–H and O–H groups in total. The zero-order chi connectivity index (χ0) is 16.2. The van der Waals surface area contributed by atoms with E-state index in [0.717, 1.165) is 11.1 Å². The summed E-state index contributed by atoms with van der Waals surface area (Å²) in [6.45, 7) is 1.95. The molecule has 1 aromatic heterocycles. The highest BCUT2D eigenvalue weighted by Crippen LogP contribution is 2.22. The van der Waals surface area contributed by atoms with E-state index >= 15 is 0 Å². The fourth-order valence-electron chi connectivity index (χ4n) is 2.18. The molecule has 0 spiro atoms. The summed E-state index contributed by atoms with van der Waals surface area (Å²) in [6.07, 6.45) is 1.58. The number of rotatable bonds is 4. The average Bonchev–Trinajstić information content (AvgIpc) is 2.56. The molecule has 3 aromatic rings. The van der Waals surface area contributed by atoms with Crippen molar-refractivity contribution < 1.29 is 4.39 Å². The molecule has 1 heterocycles. The van der Waals surface area contributed by atoms with Gasteiger partial charge in [-0.2, -0.15) is 5.10 Å². The predicted octanol–water partition coefficient (Wildman–Crippen LogP) is 4.50. The van der Waals surface area contributed by atoms with Gasteiger partial charge in [-0.25, -0.2) is 9.37 Å². The summed E-state index contributed by atoms with van der Waals surface area (Å²) in [4.78, 5) is 4.45. The van der Waals surface area contributed by atoms with Gasteiger partial charge in [-0.1, -0.05) is 35.9 Å². The lowest BCUT2D eigenvalue weighted by Crippen LogP contribution is -2.10. The van der Waals surface area contributed by atoms with Crippen molar-refractivity contribution in [2.75, 3.05) is 5.32 Å². The zero-order valence-corrected chi connectivity index (χ0v) is 13.1. The largest absolute Gasteiger partial charge is 0.346 e. The van der Waals surface area contributed by atoms with Crippen LogP contribution in [0.2, 0.25) is 5.02 Å². The Kier molecular flexibility index (Phi) is 4.48. The van der Waals surface area contributed by atoms with E-state index in [-0.39, 0.29) is 11.9 Å². The van der Waals surface area contributed by atoms with Gasteiger partial charge in [0.05, 0.1) is 17.9 Å². The third-order valence-corrected chi connectivity index (χ3v) is 3.63. The molecule has 0 bridgehead atoms. The smallest absolute Gasteiger partial charge is 0.243 e. The van der Waals surface area contributed by atoms with Crippen molar-refractivity contribution in [3.63, 3.8) is 0 Å². The van der Waals surface area contributed by atoms with Crippen LogP contribution >= 0.6 is 11.6 Å². The highest BCUT2D eigenvalue weighted by molar-refractivity contribution is 6.30. The quantitative estimate of drug-likeness (QED) is 0.766. The number of nitrogens with one attached hydrogen (secondary N) is 1. The first-order valence-corrected chi connectivity index (χ1v) is 7.47. The molecule has 0 radical (unpaired) electrons. The van der Waals surface area contributed by atoms with Gasteiger partial charge in [-0.05, 0) is 36.8 Å². The number of nitrogens with zero attached hydrogens (tertiary/aromatic N) is 3. The Hall–Kier alpha value is -2.53. The number of hydrogen-bond donors (Lipinski definition) is 1. The Morgan fingerprint density at radius 2 is 1.91 bits per heavy atom. The van der Waals surface area contributed by atoms with Crippen LogP contribution in [-0.2, 0) is 0 Å². The highest BCUT2D eigenvalue weighted by atomic mass is 35.5. The van der Waals surface area contributed by atoms with Crippen LogP contribution in [0.4, 0.5) is 10.3 Å². The number of hydrogen-bond acceptors (Lipinski definition) is 4.